The molecule has 98 valence electrons. The summed E-state index contributed by atoms with van der Waals surface area (Å²) in [6.45, 7) is 5.91. The van der Waals surface area contributed by atoms with Crippen molar-refractivity contribution in [3.63, 3.8) is 0 Å². The first-order chi connectivity index (χ1) is 8.61. The SMILES string of the molecule is CCOC(=O)/C=C/CN(C)Cc1cccc(C)c1. The monoisotopic (exact) mass is 247 g/mol. The van der Waals surface area contributed by atoms with Crippen LogP contribution in [0.5, 0.6) is 0 Å². The molecule has 3 heteroatoms. The first-order valence-electron chi connectivity index (χ1n) is 6.19. The second-order valence-electron chi connectivity index (χ2n) is 4.34. The van der Waals surface area contributed by atoms with Crippen molar-refractivity contribution in [1.82, 2.24) is 4.90 Å². The Hall–Kier alpha value is -1.61. The van der Waals surface area contributed by atoms with Crippen molar-refractivity contribution in [2.24, 2.45) is 0 Å². The molecule has 0 aliphatic carbocycles. The minimum Gasteiger partial charge on any atom is -0.463 e. The van der Waals surface area contributed by atoms with Gasteiger partial charge in [0.25, 0.3) is 0 Å². The largest absolute Gasteiger partial charge is 0.463 e. The number of ether oxygens (including phenoxy) is 1. The molecule has 0 N–H and O–H groups in total. The summed E-state index contributed by atoms with van der Waals surface area (Å²) in [7, 11) is 2.03. The highest BCUT2D eigenvalue weighted by Gasteiger charge is 1.99. The number of esters is 1. The molecule has 0 saturated carbocycles. The van der Waals surface area contributed by atoms with E-state index in [1.54, 1.807) is 6.92 Å². The van der Waals surface area contributed by atoms with E-state index in [0.717, 1.165) is 13.1 Å². The molecule has 0 radical (unpaired) electrons. The third-order valence-electron chi connectivity index (χ3n) is 2.49. The molecule has 0 aliphatic rings. The van der Waals surface area contributed by atoms with Gasteiger partial charge in [-0.25, -0.2) is 4.79 Å². The average molecular weight is 247 g/mol. The van der Waals surface area contributed by atoms with Gasteiger partial charge in [-0.15, -0.1) is 0 Å². The van der Waals surface area contributed by atoms with Crippen molar-refractivity contribution in [1.29, 1.82) is 0 Å². The number of hydrogen-bond acceptors (Lipinski definition) is 3. The summed E-state index contributed by atoms with van der Waals surface area (Å²) in [5, 5.41) is 0. The summed E-state index contributed by atoms with van der Waals surface area (Å²) in [4.78, 5) is 13.2. The summed E-state index contributed by atoms with van der Waals surface area (Å²) in [5.74, 6) is -0.276. The van der Waals surface area contributed by atoms with E-state index in [2.05, 4.69) is 36.1 Å². The number of carbonyl (C=O) groups excluding carboxylic acids is 1. The molecule has 0 aromatic heterocycles. The Morgan fingerprint density at radius 3 is 2.89 bits per heavy atom. The molecule has 0 amide bonds. The quantitative estimate of drug-likeness (QED) is 0.571. The Bertz CT molecular complexity index is 413. The second kappa shape index (κ2) is 7.67. The van der Waals surface area contributed by atoms with Crippen molar-refractivity contribution in [3.8, 4) is 0 Å². The van der Waals surface area contributed by atoms with Gasteiger partial charge in [-0.3, -0.25) is 4.90 Å². The Balaban J connectivity index is 2.38. The Morgan fingerprint density at radius 1 is 1.44 bits per heavy atom. The van der Waals surface area contributed by atoms with Gasteiger partial charge in [-0.05, 0) is 26.5 Å². The number of nitrogens with zero attached hydrogens (tertiary/aromatic N) is 1. The topological polar surface area (TPSA) is 29.5 Å². The third kappa shape index (κ3) is 5.64. The van der Waals surface area contributed by atoms with Crippen molar-refractivity contribution in [2.45, 2.75) is 20.4 Å². The van der Waals surface area contributed by atoms with Crippen LogP contribution in [0.25, 0.3) is 0 Å². The first-order valence-corrected chi connectivity index (χ1v) is 6.19. The van der Waals surface area contributed by atoms with Crippen LogP contribution in [0.3, 0.4) is 0 Å². The van der Waals surface area contributed by atoms with Crippen LogP contribution in [0, 0.1) is 6.92 Å². The molecular formula is C15H21NO2. The van der Waals surface area contributed by atoms with E-state index in [4.69, 9.17) is 4.74 Å². The van der Waals surface area contributed by atoms with Crippen LogP contribution < -0.4 is 0 Å². The third-order valence-corrected chi connectivity index (χ3v) is 2.49. The van der Waals surface area contributed by atoms with E-state index in [-0.39, 0.29) is 5.97 Å². The van der Waals surface area contributed by atoms with E-state index in [1.165, 1.54) is 17.2 Å². The molecule has 0 spiro atoms. The highest BCUT2D eigenvalue weighted by molar-refractivity contribution is 5.81. The van der Waals surface area contributed by atoms with E-state index >= 15 is 0 Å². The van der Waals surface area contributed by atoms with Gasteiger partial charge in [0.1, 0.15) is 0 Å². The molecule has 1 aromatic rings. The van der Waals surface area contributed by atoms with Crippen LogP contribution in [-0.2, 0) is 16.1 Å². The maximum absolute atomic E-state index is 11.1. The van der Waals surface area contributed by atoms with E-state index in [0.29, 0.717) is 6.61 Å². The van der Waals surface area contributed by atoms with Gasteiger partial charge >= 0.3 is 5.97 Å². The van der Waals surface area contributed by atoms with Crippen molar-refractivity contribution in [3.05, 3.63) is 47.5 Å². The van der Waals surface area contributed by atoms with E-state index in [9.17, 15) is 4.79 Å². The van der Waals surface area contributed by atoms with Gasteiger partial charge in [0.05, 0.1) is 6.61 Å². The fraction of sp³-hybridized carbons (Fsp3) is 0.400. The van der Waals surface area contributed by atoms with Crippen LogP contribution in [0.2, 0.25) is 0 Å². The second-order valence-corrected chi connectivity index (χ2v) is 4.34. The Morgan fingerprint density at radius 2 is 2.22 bits per heavy atom. The highest BCUT2D eigenvalue weighted by atomic mass is 16.5. The number of carbonyl (C=O) groups is 1. The molecule has 3 nitrogen and oxygen atoms in total. The predicted octanol–water partition coefficient (Wildman–Crippen LogP) is 2.55. The summed E-state index contributed by atoms with van der Waals surface area (Å²) in [5.41, 5.74) is 2.55. The van der Waals surface area contributed by atoms with Crippen molar-refractivity contribution in [2.75, 3.05) is 20.2 Å². The summed E-state index contributed by atoms with van der Waals surface area (Å²) in [6, 6.07) is 8.43. The molecule has 0 saturated heterocycles. The average Bonchev–Trinajstić information content (AvgIpc) is 2.29. The zero-order valence-electron chi connectivity index (χ0n) is 11.3. The lowest BCUT2D eigenvalue weighted by Crippen LogP contribution is -2.18. The predicted molar refractivity (Wildman–Crippen MR) is 73.3 cm³/mol. The van der Waals surface area contributed by atoms with Gasteiger partial charge in [0, 0.05) is 19.2 Å². The molecule has 0 fully saturated rings. The number of hydrogen-bond donors (Lipinski definition) is 0. The zero-order chi connectivity index (χ0) is 13.4. The van der Waals surface area contributed by atoms with Crippen LogP contribution in [0.4, 0.5) is 0 Å². The smallest absolute Gasteiger partial charge is 0.330 e. The van der Waals surface area contributed by atoms with Crippen LogP contribution in [-0.4, -0.2) is 31.1 Å². The van der Waals surface area contributed by atoms with Crippen LogP contribution in [0.15, 0.2) is 36.4 Å². The molecule has 1 aromatic carbocycles. The maximum atomic E-state index is 11.1. The van der Waals surface area contributed by atoms with Crippen molar-refractivity contribution < 1.29 is 9.53 Å². The minimum absolute atomic E-state index is 0.276. The zero-order valence-corrected chi connectivity index (χ0v) is 11.3. The Labute approximate surface area is 109 Å². The summed E-state index contributed by atoms with van der Waals surface area (Å²) < 4.78 is 4.81. The molecule has 0 unspecified atom stereocenters. The lowest BCUT2D eigenvalue weighted by atomic mass is 10.1. The summed E-state index contributed by atoms with van der Waals surface area (Å²) in [6.07, 6.45) is 3.31. The molecule has 1 rings (SSSR count). The number of benzene rings is 1. The van der Waals surface area contributed by atoms with Gasteiger partial charge in [0.2, 0.25) is 0 Å². The lowest BCUT2D eigenvalue weighted by Gasteiger charge is -2.14. The number of rotatable bonds is 6. The number of likely N-dealkylation sites (N-methyl/N-ethyl adjacent to an activating group) is 1. The number of aryl methyl sites for hydroxylation is 1. The summed E-state index contributed by atoms with van der Waals surface area (Å²) >= 11 is 0. The molecule has 0 atom stereocenters. The normalized spacial score (nSPS) is 11.1. The minimum atomic E-state index is -0.276. The lowest BCUT2D eigenvalue weighted by molar-refractivity contribution is -0.137. The van der Waals surface area contributed by atoms with Gasteiger partial charge in [-0.2, -0.15) is 0 Å². The van der Waals surface area contributed by atoms with Crippen LogP contribution in [0.1, 0.15) is 18.1 Å². The van der Waals surface area contributed by atoms with E-state index < -0.39 is 0 Å². The molecule has 0 bridgehead atoms. The maximum Gasteiger partial charge on any atom is 0.330 e. The van der Waals surface area contributed by atoms with Gasteiger partial charge < -0.3 is 4.74 Å². The molecule has 18 heavy (non-hydrogen) atoms. The van der Waals surface area contributed by atoms with Crippen LogP contribution >= 0.6 is 0 Å². The molecule has 0 aliphatic heterocycles. The standard InChI is InChI=1S/C15H21NO2/c1-4-18-15(17)9-6-10-16(3)12-14-8-5-7-13(2)11-14/h5-9,11H,4,10,12H2,1-3H3/b9-6+. The van der Waals surface area contributed by atoms with Gasteiger partial charge in [0.15, 0.2) is 0 Å². The van der Waals surface area contributed by atoms with E-state index in [1.807, 2.05) is 13.1 Å². The van der Waals surface area contributed by atoms with Crippen molar-refractivity contribution >= 4 is 5.97 Å². The first kappa shape index (κ1) is 14.5. The fourth-order valence-electron chi connectivity index (χ4n) is 1.71. The molecule has 0 heterocycles. The van der Waals surface area contributed by atoms with Gasteiger partial charge in [-0.1, -0.05) is 35.9 Å². The molecular weight excluding hydrogens is 226 g/mol. The highest BCUT2D eigenvalue weighted by Crippen LogP contribution is 2.06. The fourth-order valence-corrected chi connectivity index (χ4v) is 1.71. The Kier molecular flexibility index (Phi) is 6.15.